The van der Waals surface area contributed by atoms with Gasteiger partial charge in [0.1, 0.15) is 12.6 Å². The third kappa shape index (κ3) is 3.57. The number of carbonyl (C=O) groups is 1. The molecule has 1 aromatic rings. The standard InChI is InChI=1S/C15H21NO2/c1-12-5-7-14(8-6-12)15(17)18-13(2)11-16-9-3-4-10-16/h5-8,13H,3-4,9-11H2,1-2H3/p+1. The van der Waals surface area contributed by atoms with Crippen LogP contribution in [0.25, 0.3) is 0 Å². The molecule has 18 heavy (non-hydrogen) atoms. The molecule has 0 saturated carbocycles. The summed E-state index contributed by atoms with van der Waals surface area (Å²) in [6.45, 7) is 7.35. The number of esters is 1. The smallest absolute Gasteiger partial charge is 0.338 e. The lowest BCUT2D eigenvalue weighted by atomic mass is 10.1. The topological polar surface area (TPSA) is 30.7 Å². The number of rotatable bonds is 4. The molecule has 1 unspecified atom stereocenters. The fourth-order valence-electron chi connectivity index (χ4n) is 2.47. The van der Waals surface area contributed by atoms with E-state index >= 15 is 0 Å². The molecule has 3 heteroatoms. The fourth-order valence-corrected chi connectivity index (χ4v) is 2.47. The maximum atomic E-state index is 11.9. The van der Waals surface area contributed by atoms with E-state index in [1.807, 2.05) is 38.1 Å². The van der Waals surface area contributed by atoms with Crippen LogP contribution in [0.15, 0.2) is 24.3 Å². The Bertz CT molecular complexity index is 393. The molecular formula is C15H22NO2+. The van der Waals surface area contributed by atoms with E-state index in [-0.39, 0.29) is 12.1 Å². The molecule has 1 saturated heterocycles. The van der Waals surface area contributed by atoms with Crippen molar-refractivity contribution in [2.24, 2.45) is 0 Å². The lowest BCUT2D eigenvalue weighted by molar-refractivity contribution is -0.890. The van der Waals surface area contributed by atoms with Gasteiger partial charge in [0.05, 0.1) is 18.7 Å². The van der Waals surface area contributed by atoms with Gasteiger partial charge in [0, 0.05) is 12.8 Å². The van der Waals surface area contributed by atoms with Crippen molar-refractivity contribution in [2.45, 2.75) is 32.8 Å². The molecule has 0 spiro atoms. The first kappa shape index (κ1) is 13.1. The van der Waals surface area contributed by atoms with Crippen LogP contribution in [0.3, 0.4) is 0 Å². The lowest BCUT2D eigenvalue weighted by Gasteiger charge is -2.18. The number of likely N-dealkylation sites (tertiary alicyclic amines) is 1. The molecule has 0 aliphatic carbocycles. The van der Waals surface area contributed by atoms with Gasteiger partial charge in [-0.2, -0.15) is 0 Å². The second kappa shape index (κ2) is 6.01. The molecule has 0 bridgehead atoms. The van der Waals surface area contributed by atoms with Gasteiger partial charge in [-0.05, 0) is 26.0 Å². The van der Waals surface area contributed by atoms with Crippen molar-refractivity contribution in [2.75, 3.05) is 19.6 Å². The van der Waals surface area contributed by atoms with Crippen LogP contribution in [0.4, 0.5) is 0 Å². The molecule has 1 fully saturated rings. The van der Waals surface area contributed by atoms with Crippen LogP contribution in [0.2, 0.25) is 0 Å². The molecule has 1 heterocycles. The molecule has 98 valence electrons. The van der Waals surface area contributed by atoms with Crippen molar-refractivity contribution in [3.63, 3.8) is 0 Å². The highest BCUT2D eigenvalue weighted by Gasteiger charge is 2.20. The van der Waals surface area contributed by atoms with E-state index in [4.69, 9.17) is 4.74 Å². The van der Waals surface area contributed by atoms with Crippen molar-refractivity contribution in [1.29, 1.82) is 0 Å². The van der Waals surface area contributed by atoms with Gasteiger partial charge in [0.25, 0.3) is 0 Å². The van der Waals surface area contributed by atoms with E-state index in [1.54, 1.807) is 4.90 Å². The Labute approximate surface area is 109 Å². The number of ether oxygens (including phenoxy) is 1. The summed E-state index contributed by atoms with van der Waals surface area (Å²) >= 11 is 0. The largest absolute Gasteiger partial charge is 0.453 e. The predicted molar refractivity (Wildman–Crippen MR) is 70.9 cm³/mol. The number of hydrogen-bond donors (Lipinski definition) is 1. The first-order valence-corrected chi connectivity index (χ1v) is 6.76. The zero-order valence-electron chi connectivity index (χ0n) is 11.2. The van der Waals surface area contributed by atoms with Crippen LogP contribution in [0.5, 0.6) is 0 Å². The molecule has 1 aliphatic rings. The van der Waals surface area contributed by atoms with Gasteiger partial charge in [0.15, 0.2) is 0 Å². The highest BCUT2D eigenvalue weighted by molar-refractivity contribution is 5.89. The minimum Gasteiger partial charge on any atom is -0.453 e. The third-order valence-corrected chi connectivity index (χ3v) is 3.48. The van der Waals surface area contributed by atoms with Crippen LogP contribution >= 0.6 is 0 Å². The molecule has 3 nitrogen and oxygen atoms in total. The minimum absolute atomic E-state index is 0.00750. The molecule has 1 aliphatic heterocycles. The van der Waals surface area contributed by atoms with E-state index in [2.05, 4.69) is 0 Å². The van der Waals surface area contributed by atoms with Crippen LogP contribution < -0.4 is 4.90 Å². The molecule has 1 aromatic carbocycles. The van der Waals surface area contributed by atoms with E-state index in [9.17, 15) is 4.79 Å². The summed E-state index contributed by atoms with van der Waals surface area (Å²) in [6.07, 6.45) is 2.59. The van der Waals surface area contributed by atoms with Gasteiger partial charge in [-0.1, -0.05) is 17.7 Å². The highest BCUT2D eigenvalue weighted by Crippen LogP contribution is 2.06. The Balaban J connectivity index is 1.84. The van der Waals surface area contributed by atoms with Gasteiger partial charge in [-0.3, -0.25) is 0 Å². The quantitative estimate of drug-likeness (QED) is 0.812. The predicted octanol–water partition coefficient (Wildman–Crippen LogP) is 1.22. The molecule has 0 radical (unpaired) electrons. The van der Waals surface area contributed by atoms with Crippen LogP contribution in [0, 0.1) is 6.92 Å². The van der Waals surface area contributed by atoms with E-state index in [1.165, 1.54) is 25.9 Å². The Kier molecular flexibility index (Phi) is 4.37. The second-order valence-corrected chi connectivity index (χ2v) is 5.24. The van der Waals surface area contributed by atoms with E-state index in [0.29, 0.717) is 5.56 Å². The number of benzene rings is 1. The molecule has 0 amide bonds. The summed E-state index contributed by atoms with van der Waals surface area (Å²) in [7, 11) is 0. The Hall–Kier alpha value is -1.35. The Morgan fingerprint density at radius 2 is 1.89 bits per heavy atom. The number of nitrogens with one attached hydrogen (secondary N) is 1. The summed E-state index contributed by atoms with van der Waals surface area (Å²) in [5.74, 6) is -0.207. The number of aryl methyl sites for hydroxylation is 1. The Morgan fingerprint density at radius 1 is 1.28 bits per heavy atom. The van der Waals surface area contributed by atoms with Crippen molar-refractivity contribution in [1.82, 2.24) is 0 Å². The van der Waals surface area contributed by atoms with Crippen molar-refractivity contribution in [3.8, 4) is 0 Å². The summed E-state index contributed by atoms with van der Waals surface area (Å²) < 4.78 is 5.48. The zero-order chi connectivity index (χ0) is 13.0. The van der Waals surface area contributed by atoms with Crippen molar-refractivity contribution >= 4 is 5.97 Å². The third-order valence-electron chi connectivity index (χ3n) is 3.48. The maximum absolute atomic E-state index is 11.9. The summed E-state index contributed by atoms with van der Waals surface area (Å²) in [4.78, 5) is 13.5. The highest BCUT2D eigenvalue weighted by atomic mass is 16.5. The summed E-state index contributed by atoms with van der Waals surface area (Å²) in [6, 6.07) is 7.53. The average Bonchev–Trinajstić information content (AvgIpc) is 2.82. The van der Waals surface area contributed by atoms with Gasteiger partial charge >= 0.3 is 5.97 Å². The lowest BCUT2D eigenvalue weighted by Crippen LogP contribution is -3.11. The molecule has 0 aromatic heterocycles. The monoisotopic (exact) mass is 248 g/mol. The number of quaternary nitrogens is 1. The van der Waals surface area contributed by atoms with E-state index < -0.39 is 0 Å². The fraction of sp³-hybridized carbons (Fsp3) is 0.533. The first-order valence-electron chi connectivity index (χ1n) is 6.76. The van der Waals surface area contributed by atoms with E-state index in [0.717, 1.165) is 12.1 Å². The molecule has 2 rings (SSSR count). The number of hydrogen-bond acceptors (Lipinski definition) is 2. The van der Waals surface area contributed by atoms with Crippen molar-refractivity contribution in [3.05, 3.63) is 35.4 Å². The summed E-state index contributed by atoms with van der Waals surface area (Å²) in [5, 5.41) is 0. The normalized spacial score (nSPS) is 17.7. The average molecular weight is 248 g/mol. The summed E-state index contributed by atoms with van der Waals surface area (Å²) in [5.41, 5.74) is 1.80. The van der Waals surface area contributed by atoms with Crippen LogP contribution in [-0.4, -0.2) is 31.7 Å². The van der Waals surface area contributed by atoms with Gasteiger partial charge in [-0.25, -0.2) is 4.79 Å². The molecule has 1 atom stereocenters. The van der Waals surface area contributed by atoms with Gasteiger partial charge in [0.2, 0.25) is 0 Å². The molecule has 1 N–H and O–H groups in total. The first-order chi connectivity index (χ1) is 8.65. The minimum atomic E-state index is -0.207. The van der Waals surface area contributed by atoms with Crippen molar-refractivity contribution < 1.29 is 14.4 Å². The second-order valence-electron chi connectivity index (χ2n) is 5.24. The van der Waals surface area contributed by atoms with Gasteiger partial charge in [-0.15, -0.1) is 0 Å². The Morgan fingerprint density at radius 3 is 2.50 bits per heavy atom. The van der Waals surface area contributed by atoms with Crippen LogP contribution in [0.1, 0.15) is 35.7 Å². The van der Waals surface area contributed by atoms with Crippen LogP contribution in [-0.2, 0) is 4.74 Å². The SMILES string of the molecule is Cc1ccc(C(=O)OC(C)C[NH+]2CCCC2)cc1. The number of carbonyl (C=O) groups excluding carboxylic acids is 1. The van der Waals surface area contributed by atoms with Gasteiger partial charge < -0.3 is 9.64 Å². The zero-order valence-corrected chi connectivity index (χ0v) is 11.2. The maximum Gasteiger partial charge on any atom is 0.338 e. The molecular weight excluding hydrogens is 226 g/mol.